The number of ketones is 4. The van der Waals surface area contributed by atoms with Crippen LogP contribution in [0.25, 0.3) is 6.08 Å². The highest BCUT2D eigenvalue weighted by atomic mass is 79.9. The molecule has 0 spiro atoms. The molecule has 0 N–H and O–H groups in total. The van der Waals surface area contributed by atoms with E-state index in [2.05, 4.69) is 31.9 Å². The van der Waals surface area contributed by atoms with E-state index in [4.69, 9.17) is 0 Å². The van der Waals surface area contributed by atoms with Crippen molar-refractivity contribution in [1.82, 2.24) is 0 Å². The summed E-state index contributed by atoms with van der Waals surface area (Å²) in [5, 5.41) is 0. The topological polar surface area (TPSA) is 68.3 Å². The quantitative estimate of drug-likeness (QED) is 0.477. The Kier molecular flexibility index (Phi) is 5.82. The number of rotatable bonds is 3. The van der Waals surface area contributed by atoms with Gasteiger partial charge in [0.2, 0.25) is 0 Å². The predicted molar refractivity (Wildman–Crippen MR) is 136 cm³/mol. The average Bonchev–Trinajstić information content (AvgIpc) is 2.83. The molecule has 0 aliphatic heterocycles. The summed E-state index contributed by atoms with van der Waals surface area (Å²) in [6.07, 6.45) is 10.3. The molecule has 0 bridgehead atoms. The van der Waals surface area contributed by atoms with Gasteiger partial charge in [0.05, 0.1) is 17.3 Å². The van der Waals surface area contributed by atoms with Gasteiger partial charge in [-0.05, 0) is 59.7 Å². The van der Waals surface area contributed by atoms with E-state index in [0.717, 1.165) is 20.1 Å². The molecule has 3 aliphatic rings. The van der Waals surface area contributed by atoms with E-state index in [-0.39, 0.29) is 28.7 Å². The third kappa shape index (κ3) is 3.65. The van der Waals surface area contributed by atoms with Crippen molar-refractivity contribution in [1.29, 1.82) is 0 Å². The minimum atomic E-state index is -1.35. The van der Waals surface area contributed by atoms with Crippen LogP contribution < -0.4 is 0 Å². The summed E-state index contributed by atoms with van der Waals surface area (Å²) < 4.78 is 1.79. The van der Waals surface area contributed by atoms with Gasteiger partial charge in [-0.2, -0.15) is 0 Å². The molecule has 0 radical (unpaired) electrons. The van der Waals surface area contributed by atoms with Crippen LogP contribution in [-0.2, 0) is 19.2 Å². The van der Waals surface area contributed by atoms with Gasteiger partial charge < -0.3 is 0 Å². The van der Waals surface area contributed by atoms with Crippen LogP contribution in [0.2, 0.25) is 0 Å². The van der Waals surface area contributed by atoms with Crippen molar-refractivity contribution < 1.29 is 19.2 Å². The van der Waals surface area contributed by atoms with Gasteiger partial charge in [-0.15, -0.1) is 0 Å². The van der Waals surface area contributed by atoms with Crippen LogP contribution in [0.15, 0.2) is 99.5 Å². The average molecular weight is 578 g/mol. The summed E-state index contributed by atoms with van der Waals surface area (Å²) in [5.74, 6) is -3.81. The summed E-state index contributed by atoms with van der Waals surface area (Å²) in [6, 6.07) is 15.0. The molecule has 168 valence electrons. The van der Waals surface area contributed by atoms with Gasteiger partial charge >= 0.3 is 0 Å². The minimum absolute atomic E-state index is 0.261. The van der Waals surface area contributed by atoms with Gasteiger partial charge in [0, 0.05) is 20.4 Å². The Morgan fingerprint density at radius 2 is 1.35 bits per heavy atom. The molecule has 0 saturated heterocycles. The van der Waals surface area contributed by atoms with Crippen LogP contribution in [0, 0.1) is 17.3 Å². The number of fused-ring (bicyclic) bond motifs is 3. The van der Waals surface area contributed by atoms with Crippen LogP contribution in [0.5, 0.6) is 0 Å². The van der Waals surface area contributed by atoms with Gasteiger partial charge in [-0.3, -0.25) is 19.2 Å². The zero-order valence-electron chi connectivity index (χ0n) is 17.8. The second-order valence-electron chi connectivity index (χ2n) is 8.62. The molecule has 0 unspecified atom stereocenters. The summed E-state index contributed by atoms with van der Waals surface area (Å²) in [6.45, 7) is 0. The van der Waals surface area contributed by atoms with Crippen molar-refractivity contribution in [2.75, 3.05) is 0 Å². The van der Waals surface area contributed by atoms with Crippen molar-refractivity contribution in [3.05, 3.63) is 111 Å². The van der Waals surface area contributed by atoms with Gasteiger partial charge in [0.25, 0.3) is 0 Å². The number of carbonyl (C=O) groups excluding carboxylic acids is 4. The molecule has 34 heavy (non-hydrogen) atoms. The standard InChI is InChI=1S/C28H18Br2O4/c29-18-5-1-16(2-6-18)13-14-28-21(17-3-7-19(30)8-4-17)15-20-22(31)9-10-23(32)26(20)27(28)24(33)11-12-25(28)34/h1-15,21,26-27H/b14-13+/t21-,26+,27-,28-/m1/s1. The monoisotopic (exact) mass is 576 g/mol. The highest BCUT2D eigenvalue weighted by Crippen LogP contribution is 2.57. The van der Waals surface area contributed by atoms with Crippen LogP contribution in [0.4, 0.5) is 0 Å². The van der Waals surface area contributed by atoms with Crippen molar-refractivity contribution >= 4 is 61.1 Å². The summed E-state index contributed by atoms with van der Waals surface area (Å²) in [7, 11) is 0. The molecule has 0 aromatic heterocycles. The maximum absolute atomic E-state index is 13.7. The molecule has 0 fully saturated rings. The Balaban J connectivity index is 1.78. The van der Waals surface area contributed by atoms with E-state index in [1.54, 1.807) is 12.2 Å². The van der Waals surface area contributed by atoms with Crippen molar-refractivity contribution in [3.63, 3.8) is 0 Å². The van der Waals surface area contributed by atoms with E-state index in [1.165, 1.54) is 24.3 Å². The highest BCUT2D eigenvalue weighted by Gasteiger charge is 2.60. The van der Waals surface area contributed by atoms with Crippen molar-refractivity contribution in [2.45, 2.75) is 5.92 Å². The molecule has 4 atom stereocenters. The molecule has 2 aromatic carbocycles. The van der Waals surface area contributed by atoms with Gasteiger partial charge in [-0.25, -0.2) is 0 Å². The van der Waals surface area contributed by atoms with Gasteiger partial charge in [0.1, 0.15) is 0 Å². The lowest BCUT2D eigenvalue weighted by molar-refractivity contribution is -0.140. The van der Waals surface area contributed by atoms with E-state index in [9.17, 15) is 19.2 Å². The summed E-state index contributed by atoms with van der Waals surface area (Å²) in [5.41, 5.74) is 0.573. The number of carbonyl (C=O) groups is 4. The number of benzene rings is 2. The fraction of sp³-hybridized carbons (Fsp3) is 0.143. The van der Waals surface area contributed by atoms with Crippen LogP contribution in [0.1, 0.15) is 17.0 Å². The predicted octanol–water partition coefficient (Wildman–Crippen LogP) is 5.58. The number of hydrogen-bond donors (Lipinski definition) is 0. The first kappa shape index (κ1) is 22.8. The Morgan fingerprint density at radius 3 is 2.03 bits per heavy atom. The summed E-state index contributed by atoms with van der Waals surface area (Å²) >= 11 is 6.86. The van der Waals surface area contributed by atoms with Crippen LogP contribution >= 0.6 is 31.9 Å². The number of halogens is 2. The molecular weight excluding hydrogens is 560 g/mol. The molecule has 2 aromatic rings. The van der Waals surface area contributed by atoms with E-state index >= 15 is 0 Å². The lowest BCUT2D eigenvalue weighted by Gasteiger charge is -2.49. The highest BCUT2D eigenvalue weighted by molar-refractivity contribution is 9.10. The van der Waals surface area contributed by atoms with Crippen molar-refractivity contribution in [3.8, 4) is 0 Å². The number of allylic oxidation sites excluding steroid dienone is 7. The second kappa shape index (κ2) is 8.67. The summed E-state index contributed by atoms with van der Waals surface area (Å²) in [4.78, 5) is 53.0. The Bertz CT molecular complexity index is 1350. The van der Waals surface area contributed by atoms with Crippen molar-refractivity contribution in [2.24, 2.45) is 17.3 Å². The molecular formula is C28H18Br2O4. The molecule has 0 heterocycles. The molecule has 5 rings (SSSR count). The number of hydrogen-bond acceptors (Lipinski definition) is 4. The fourth-order valence-electron chi connectivity index (χ4n) is 5.23. The zero-order valence-corrected chi connectivity index (χ0v) is 21.0. The van der Waals surface area contributed by atoms with E-state index < -0.39 is 23.2 Å². The van der Waals surface area contributed by atoms with Gasteiger partial charge in [-0.1, -0.05) is 74.4 Å². The Hall–Kier alpha value is -2.96. The minimum Gasteiger partial charge on any atom is -0.294 e. The SMILES string of the molecule is O=C1C=CC(=O)[C@@H]2C1=C[C@H](c1ccc(Br)cc1)[C@]1(/C=C/c3ccc(Br)cc3)C(=O)C=CC(=O)[C@H]21. The van der Waals surface area contributed by atoms with E-state index in [0.29, 0.717) is 0 Å². The molecule has 6 heteroatoms. The maximum Gasteiger partial charge on any atom is 0.182 e. The molecule has 4 nitrogen and oxygen atoms in total. The molecule has 0 amide bonds. The third-order valence-corrected chi connectivity index (χ3v) is 7.87. The third-order valence-electron chi connectivity index (χ3n) is 6.82. The molecule has 0 saturated carbocycles. The Labute approximate surface area is 213 Å². The lowest BCUT2D eigenvalue weighted by atomic mass is 9.50. The first-order valence-electron chi connectivity index (χ1n) is 10.8. The molecule has 3 aliphatic carbocycles. The zero-order chi connectivity index (χ0) is 24.0. The smallest absolute Gasteiger partial charge is 0.182 e. The van der Waals surface area contributed by atoms with Gasteiger partial charge in [0.15, 0.2) is 23.1 Å². The van der Waals surface area contributed by atoms with E-state index in [1.807, 2.05) is 54.6 Å². The second-order valence-corrected chi connectivity index (χ2v) is 10.5. The first-order valence-corrected chi connectivity index (χ1v) is 12.3. The Morgan fingerprint density at radius 1 is 0.735 bits per heavy atom. The van der Waals surface area contributed by atoms with Crippen LogP contribution in [0.3, 0.4) is 0 Å². The first-order chi connectivity index (χ1) is 16.3. The maximum atomic E-state index is 13.7. The lowest BCUT2D eigenvalue weighted by Crippen LogP contribution is -2.55. The largest absolute Gasteiger partial charge is 0.294 e. The fourth-order valence-corrected chi connectivity index (χ4v) is 5.76. The van der Waals surface area contributed by atoms with Crippen LogP contribution in [-0.4, -0.2) is 23.1 Å². The normalized spacial score (nSPS) is 28.2.